The van der Waals surface area contributed by atoms with Gasteiger partial charge in [0.1, 0.15) is 17.4 Å². The standard InChI is InChI=1S/C12H15NO2/c1-8(13-14)9-5-4-6-11-10(9)7-12(2,3)15-11/h4-6,8H,7H2,1-3H3. The third-order valence-corrected chi connectivity index (χ3v) is 2.77. The maximum Gasteiger partial charge on any atom is 0.123 e. The Labute approximate surface area is 89.4 Å². The number of ether oxygens (including phenoxy) is 1. The minimum Gasteiger partial charge on any atom is -0.487 e. The number of nitrogens with zero attached hydrogens (tertiary/aromatic N) is 1. The summed E-state index contributed by atoms with van der Waals surface area (Å²) in [6, 6.07) is 5.52. The first kappa shape index (κ1) is 10.1. The fraction of sp³-hybridized carbons (Fsp3) is 0.500. The van der Waals surface area contributed by atoms with Crippen molar-refractivity contribution in [2.24, 2.45) is 5.18 Å². The molecule has 15 heavy (non-hydrogen) atoms. The van der Waals surface area contributed by atoms with Gasteiger partial charge in [-0.3, -0.25) is 0 Å². The number of nitroso groups, excluding NO2 is 1. The molecule has 0 bridgehead atoms. The normalized spacial score (nSPS) is 19.1. The van der Waals surface area contributed by atoms with Gasteiger partial charge in [-0.25, -0.2) is 0 Å². The number of hydrogen-bond donors (Lipinski definition) is 0. The minimum absolute atomic E-state index is 0.166. The highest BCUT2D eigenvalue weighted by molar-refractivity contribution is 5.45. The second-order valence-electron chi connectivity index (χ2n) is 4.64. The number of fused-ring (bicyclic) bond motifs is 1. The molecule has 0 radical (unpaired) electrons. The quantitative estimate of drug-likeness (QED) is 0.695. The molecular formula is C12H15NO2. The molecule has 0 saturated carbocycles. The predicted molar refractivity (Wildman–Crippen MR) is 59.1 cm³/mol. The van der Waals surface area contributed by atoms with Crippen LogP contribution in [0.3, 0.4) is 0 Å². The molecule has 1 aromatic rings. The number of hydrogen-bond acceptors (Lipinski definition) is 3. The van der Waals surface area contributed by atoms with Gasteiger partial charge in [-0.05, 0) is 32.4 Å². The monoisotopic (exact) mass is 205 g/mol. The lowest BCUT2D eigenvalue weighted by Gasteiger charge is -2.16. The van der Waals surface area contributed by atoms with Crippen LogP contribution < -0.4 is 4.74 Å². The van der Waals surface area contributed by atoms with E-state index < -0.39 is 0 Å². The SMILES string of the molecule is CC(N=O)c1cccc2c1CC(C)(C)O2. The van der Waals surface area contributed by atoms with Gasteiger partial charge in [-0.15, -0.1) is 0 Å². The first-order chi connectivity index (χ1) is 7.03. The fourth-order valence-electron chi connectivity index (χ4n) is 2.08. The van der Waals surface area contributed by atoms with E-state index >= 15 is 0 Å². The molecule has 0 saturated heterocycles. The van der Waals surface area contributed by atoms with Gasteiger partial charge in [0.15, 0.2) is 0 Å². The average Bonchev–Trinajstić information content (AvgIpc) is 2.49. The summed E-state index contributed by atoms with van der Waals surface area (Å²) in [4.78, 5) is 10.6. The lowest BCUT2D eigenvalue weighted by Crippen LogP contribution is -2.24. The zero-order valence-electron chi connectivity index (χ0n) is 9.28. The third-order valence-electron chi connectivity index (χ3n) is 2.77. The molecule has 1 atom stereocenters. The highest BCUT2D eigenvalue weighted by Crippen LogP contribution is 2.39. The zero-order chi connectivity index (χ0) is 11.1. The van der Waals surface area contributed by atoms with E-state index in [1.165, 1.54) is 0 Å². The van der Waals surface area contributed by atoms with Crippen molar-refractivity contribution >= 4 is 0 Å². The van der Waals surface area contributed by atoms with Gasteiger partial charge in [0.05, 0.1) is 0 Å². The van der Waals surface area contributed by atoms with Gasteiger partial charge in [0.25, 0.3) is 0 Å². The maximum atomic E-state index is 10.6. The van der Waals surface area contributed by atoms with E-state index in [1.54, 1.807) is 0 Å². The molecule has 80 valence electrons. The van der Waals surface area contributed by atoms with E-state index in [9.17, 15) is 4.91 Å². The van der Waals surface area contributed by atoms with Crippen LogP contribution in [0.1, 0.15) is 37.9 Å². The summed E-state index contributed by atoms with van der Waals surface area (Å²) in [5.41, 5.74) is 1.96. The van der Waals surface area contributed by atoms with E-state index in [0.29, 0.717) is 0 Å². The van der Waals surface area contributed by atoms with E-state index in [2.05, 4.69) is 19.0 Å². The third kappa shape index (κ3) is 1.74. The molecule has 1 heterocycles. The molecule has 0 aliphatic carbocycles. The van der Waals surface area contributed by atoms with Crippen LogP contribution in [0.5, 0.6) is 5.75 Å². The van der Waals surface area contributed by atoms with Crippen LogP contribution >= 0.6 is 0 Å². The molecule has 3 heteroatoms. The minimum atomic E-state index is -0.294. The second-order valence-corrected chi connectivity index (χ2v) is 4.64. The van der Waals surface area contributed by atoms with E-state index in [1.807, 2.05) is 25.1 Å². The number of rotatable bonds is 2. The molecule has 1 unspecified atom stereocenters. The molecule has 1 aromatic carbocycles. The van der Waals surface area contributed by atoms with E-state index in [0.717, 1.165) is 23.3 Å². The zero-order valence-corrected chi connectivity index (χ0v) is 9.28. The molecule has 2 rings (SSSR count). The maximum absolute atomic E-state index is 10.6. The van der Waals surface area contributed by atoms with Crippen molar-refractivity contribution in [2.45, 2.75) is 38.8 Å². The molecule has 0 spiro atoms. The van der Waals surface area contributed by atoms with E-state index in [4.69, 9.17) is 4.74 Å². The van der Waals surface area contributed by atoms with Gasteiger partial charge in [-0.2, -0.15) is 4.91 Å². The summed E-state index contributed by atoms with van der Waals surface area (Å²) in [6.07, 6.45) is 0.846. The van der Waals surface area contributed by atoms with Crippen LogP contribution in [0.2, 0.25) is 0 Å². The van der Waals surface area contributed by atoms with Crippen molar-refractivity contribution < 1.29 is 4.74 Å². The van der Waals surface area contributed by atoms with Crippen LogP contribution in [0, 0.1) is 4.91 Å². The highest BCUT2D eigenvalue weighted by Gasteiger charge is 2.32. The molecular weight excluding hydrogens is 190 g/mol. The van der Waals surface area contributed by atoms with Crippen molar-refractivity contribution in [3.8, 4) is 5.75 Å². The van der Waals surface area contributed by atoms with Crippen molar-refractivity contribution in [1.29, 1.82) is 0 Å². The Morgan fingerprint density at radius 3 is 2.87 bits per heavy atom. The average molecular weight is 205 g/mol. The molecule has 0 amide bonds. The molecule has 0 aromatic heterocycles. The first-order valence-corrected chi connectivity index (χ1v) is 5.17. The van der Waals surface area contributed by atoms with Gasteiger partial charge in [0, 0.05) is 12.0 Å². The lowest BCUT2D eigenvalue weighted by molar-refractivity contribution is 0.138. The Balaban J connectivity index is 2.46. The summed E-state index contributed by atoms with van der Waals surface area (Å²) in [6.45, 7) is 5.92. The van der Waals surface area contributed by atoms with Crippen molar-refractivity contribution in [3.05, 3.63) is 34.2 Å². The van der Waals surface area contributed by atoms with Crippen LogP contribution in [0.25, 0.3) is 0 Å². The summed E-state index contributed by atoms with van der Waals surface area (Å²) in [5, 5.41) is 3.08. The predicted octanol–water partition coefficient (Wildman–Crippen LogP) is 3.23. The number of benzene rings is 1. The summed E-state index contributed by atoms with van der Waals surface area (Å²) in [7, 11) is 0. The summed E-state index contributed by atoms with van der Waals surface area (Å²) >= 11 is 0. The molecule has 0 N–H and O–H groups in total. The summed E-state index contributed by atoms with van der Waals surface area (Å²) in [5.74, 6) is 0.896. The van der Waals surface area contributed by atoms with Gasteiger partial charge >= 0.3 is 0 Å². The topological polar surface area (TPSA) is 38.7 Å². The molecule has 1 aliphatic heterocycles. The largest absolute Gasteiger partial charge is 0.487 e. The summed E-state index contributed by atoms with van der Waals surface area (Å²) < 4.78 is 5.79. The van der Waals surface area contributed by atoms with Gasteiger partial charge in [-0.1, -0.05) is 17.3 Å². The van der Waals surface area contributed by atoms with Gasteiger partial charge < -0.3 is 4.74 Å². The molecule has 3 nitrogen and oxygen atoms in total. The van der Waals surface area contributed by atoms with Crippen LogP contribution in [-0.4, -0.2) is 5.60 Å². The first-order valence-electron chi connectivity index (χ1n) is 5.17. The van der Waals surface area contributed by atoms with Crippen LogP contribution in [0.15, 0.2) is 23.4 Å². The Morgan fingerprint density at radius 1 is 1.47 bits per heavy atom. The Kier molecular flexibility index (Phi) is 2.25. The molecule has 1 aliphatic rings. The van der Waals surface area contributed by atoms with Crippen LogP contribution in [0.4, 0.5) is 0 Å². The lowest BCUT2D eigenvalue weighted by atomic mass is 9.94. The molecule has 0 fully saturated rings. The Morgan fingerprint density at radius 2 is 2.20 bits per heavy atom. The Hall–Kier alpha value is -1.38. The van der Waals surface area contributed by atoms with Crippen molar-refractivity contribution in [1.82, 2.24) is 0 Å². The second kappa shape index (κ2) is 3.33. The van der Waals surface area contributed by atoms with Crippen molar-refractivity contribution in [3.63, 3.8) is 0 Å². The van der Waals surface area contributed by atoms with E-state index in [-0.39, 0.29) is 11.6 Å². The fourth-order valence-corrected chi connectivity index (χ4v) is 2.08. The highest BCUT2D eigenvalue weighted by atomic mass is 16.5. The van der Waals surface area contributed by atoms with Gasteiger partial charge in [0.2, 0.25) is 0 Å². The van der Waals surface area contributed by atoms with Crippen LogP contribution in [-0.2, 0) is 6.42 Å². The smallest absolute Gasteiger partial charge is 0.123 e. The van der Waals surface area contributed by atoms with Crippen molar-refractivity contribution in [2.75, 3.05) is 0 Å². The Bertz CT molecular complexity index is 399.